The van der Waals surface area contributed by atoms with Crippen LogP contribution < -0.4 is 0 Å². The van der Waals surface area contributed by atoms with Crippen LogP contribution >= 0.6 is 0 Å². The Balaban J connectivity index is 0. The molecule has 1 radical (unpaired) electrons. The van der Waals surface area contributed by atoms with E-state index in [1.54, 1.807) is 12.3 Å². The summed E-state index contributed by atoms with van der Waals surface area (Å²) >= 11 is 0. The molecule has 3 nitrogen and oxygen atoms in total. The van der Waals surface area contributed by atoms with E-state index in [0.717, 1.165) is 0 Å². The normalized spacial score (nSPS) is 6.00. The van der Waals surface area contributed by atoms with Gasteiger partial charge >= 0.3 is 16.8 Å². The molecule has 0 unspecified atom stereocenters. The predicted octanol–water partition coefficient (Wildman–Crippen LogP) is 0.491. The Hall–Kier alpha value is -0.874. The van der Waals surface area contributed by atoms with Crippen LogP contribution in [0.1, 0.15) is 0 Å². The van der Waals surface area contributed by atoms with Crippen LogP contribution in [0.25, 0.3) is 0 Å². The van der Waals surface area contributed by atoms with Crippen molar-refractivity contribution in [2.24, 2.45) is 0 Å². The minimum Gasteiger partial charge on any atom is -0.665 e. The average molecular weight is 182 g/mol. The van der Waals surface area contributed by atoms with E-state index in [4.69, 9.17) is 9.90 Å². The van der Waals surface area contributed by atoms with Crippen molar-refractivity contribution in [3.63, 3.8) is 0 Å². The van der Waals surface area contributed by atoms with Crippen LogP contribution in [0, 0.1) is 6.20 Å². The van der Waals surface area contributed by atoms with Crippen molar-refractivity contribution in [3.8, 4) is 0 Å². The van der Waals surface area contributed by atoms with Crippen LogP contribution in [0.4, 0.5) is 0 Å². The largest absolute Gasteiger partial charge is 2.00 e. The van der Waals surface area contributed by atoms with Gasteiger partial charge in [0.05, 0.1) is 0 Å². The Kier molecular flexibility index (Phi) is 13.0. The van der Waals surface area contributed by atoms with Crippen molar-refractivity contribution in [3.05, 3.63) is 30.6 Å². The SMILES string of the molecule is O=[C-]O.[Co+2].[c-]1ccccn1. The van der Waals surface area contributed by atoms with Crippen molar-refractivity contribution in [1.82, 2.24) is 4.98 Å². The molecule has 0 amide bonds. The molecule has 1 aromatic rings. The van der Waals surface area contributed by atoms with Gasteiger partial charge in [-0.15, -0.1) is 0 Å². The molecule has 55 valence electrons. The Morgan fingerprint density at radius 3 is 2.20 bits per heavy atom. The fourth-order valence-electron chi connectivity index (χ4n) is 0.277. The molecule has 1 heterocycles. The van der Waals surface area contributed by atoms with Gasteiger partial charge in [-0.1, -0.05) is 18.9 Å². The molecule has 0 fully saturated rings. The minimum atomic E-state index is 0. The minimum absolute atomic E-state index is 0. The van der Waals surface area contributed by atoms with E-state index in [1.807, 2.05) is 12.1 Å². The Morgan fingerprint density at radius 2 is 2.10 bits per heavy atom. The molecule has 0 aliphatic carbocycles. The van der Waals surface area contributed by atoms with Crippen molar-refractivity contribution in [2.75, 3.05) is 0 Å². The summed E-state index contributed by atoms with van der Waals surface area (Å²) in [5.41, 5.74) is 0. The van der Waals surface area contributed by atoms with Gasteiger partial charge in [0.15, 0.2) is 0 Å². The number of pyridine rings is 1. The van der Waals surface area contributed by atoms with Gasteiger partial charge in [-0.3, -0.25) is 0 Å². The van der Waals surface area contributed by atoms with E-state index >= 15 is 0 Å². The third kappa shape index (κ3) is 10.2. The second-order valence-corrected chi connectivity index (χ2v) is 1.05. The summed E-state index contributed by atoms with van der Waals surface area (Å²) in [5.74, 6) is 0. The van der Waals surface area contributed by atoms with E-state index in [-0.39, 0.29) is 16.8 Å². The number of rotatable bonds is 0. The maximum atomic E-state index is 8.24. The Morgan fingerprint density at radius 1 is 1.50 bits per heavy atom. The molecular weight excluding hydrogens is 177 g/mol. The van der Waals surface area contributed by atoms with Crippen LogP contribution in [-0.2, 0) is 21.6 Å². The molecule has 0 aliphatic heterocycles. The standard InChI is InChI=1S/C5H4N.CHO2.Co/c1-2-4-6-5-3-1;2-1-3;/h1-4H;(H,2,3);/q2*-1;+2. The molecule has 4 heteroatoms. The second kappa shape index (κ2) is 11.0. The quantitative estimate of drug-likeness (QED) is 0.594. The smallest absolute Gasteiger partial charge is 0.665 e. The topological polar surface area (TPSA) is 50.2 Å². The molecule has 0 atom stereocenters. The first-order valence-electron chi connectivity index (χ1n) is 2.20. The number of aliphatic hydroxyl groups excluding tert-OH is 1. The molecule has 10 heavy (non-hydrogen) atoms. The van der Waals surface area contributed by atoms with Crippen molar-refractivity contribution >= 4 is 6.47 Å². The van der Waals surface area contributed by atoms with Crippen molar-refractivity contribution < 1.29 is 26.7 Å². The summed E-state index contributed by atoms with van der Waals surface area (Å²) in [6.07, 6.45) is 4.34. The summed E-state index contributed by atoms with van der Waals surface area (Å²) < 4.78 is 0. The van der Waals surface area contributed by atoms with Gasteiger partial charge in [-0.05, 0) is 0 Å². The molecule has 0 aromatic carbocycles. The van der Waals surface area contributed by atoms with Crippen LogP contribution in [0.5, 0.6) is 0 Å². The van der Waals surface area contributed by atoms with Gasteiger partial charge in [0.1, 0.15) is 0 Å². The molecule has 1 aromatic heterocycles. The first kappa shape index (κ1) is 11.9. The van der Waals surface area contributed by atoms with Crippen LogP contribution in [0.3, 0.4) is 0 Å². The maximum Gasteiger partial charge on any atom is 2.00 e. The van der Waals surface area contributed by atoms with E-state index in [9.17, 15) is 0 Å². The summed E-state index contributed by atoms with van der Waals surface area (Å²) in [5, 5.41) is 6.76. The van der Waals surface area contributed by atoms with Crippen LogP contribution in [0.2, 0.25) is 0 Å². The summed E-state index contributed by atoms with van der Waals surface area (Å²) in [4.78, 5) is 11.9. The average Bonchev–Trinajstić information content (AvgIpc) is 1.93. The van der Waals surface area contributed by atoms with E-state index in [0.29, 0.717) is 6.47 Å². The van der Waals surface area contributed by atoms with E-state index < -0.39 is 0 Å². The third-order valence-electron chi connectivity index (χ3n) is 0.517. The number of hydrogen-bond acceptors (Lipinski definition) is 2. The Bertz CT molecular complexity index is 119. The second-order valence-electron chi connectivity index (χ2n) is 1.05. The molecule has 0 saturated carbocycles. The predicted molar refractivity (Wildman–Crippen MR) is 31.4 cm³/mol. The van der Waals surface area contributed by atoms with Crippen molar-refractivity contribution in [2.45, 2.75) is 0 Å². The van der Waals surface area contributed by atoms with Gasteiger partial charge in [-0.25, -0.2) is 0 Å². The van der Waals surface area contributed by atoms with Gasteiger partial charge < -0.3 is 14.9 Å². The monoisotopic (exact) mass is 182 g/mol. The Labute approximate surface area is 69.3 Å². The van der Waals surface area contributed by atoms with Gasteiger partial charge in [0.2, 0.25) is 0 Å². The molecule has 1 N–H and O–H groups in total. The van der Waals surface area contributed by atoms with Gasteiger partial charge in [0, 0.05) is 0 Å². The van der Waals surface area contributed by atoms with E-state index in [2.05, 4.69) is 11.2 Å². The summed E-state index contributed by atoms with van der Waals surface area (Å²) in [7, 11) is 0. The number of nitrogens with zero attached hydrogens (tertiary/aromatic N) is 1. The molecule has 0 bridgehead atoms. The van der Waals surface area contributed by atoms with Crippen LogP contribution in [0.15, 0.2) is 24.4 Å². The van der Waals surface area contributed by atoms with E-state index in [1.165, 1.54) is 0 Å². The number of hydrogen-bond donors (Lipinski definition) is 1. The van der Waals surface area contributed by atoms with Crippen molar-refractivity contribution in [1.29, 1.82) is 0 Å². The fraction of sp³-hybridized carbons (Fsp3) is 0. The van der Waals surface area contributed by atoms with Crippen LogP contribution in [-0.4, -0.2) is 16.6 Å². The fourth-order valence-corrected chi connectivity index (χ4v) is 0.277. The molecular formula is C6H5CoNO2. The first-order chi connectivity index (χ1) is 4.41. The number of aromatic nitrogens is 1. The summed E-state index contributed by atoms with van der Waals surface area (Å²) in [6, 6.07) is 5.50. The zero-order valence-electron chi connectivity index (χ0n) is 4.95. The zero-order valence-corrected chi connectivity index (χ0v) is 5.99. The zero-order chi connectivity index (χ0) is 6.95. The first-order valence-corrected chi connectivity index (χ1v) is 2.20. The molecule has 0 spiro atoms. The maximum absolute atomic E-state index is 8.24. The van der Waals surface area contributed by atoms with Gasteiger partial charge in [0.25, 0.3) is 0 Å². The third-order valence-corrected chi connectivity index (χ3v) is 0.517. The molecule has 0 aliphatic rings. The molecule has 0 saturated heterocycles. The summed E-state index contributed by atoms with van der Waals surface area (Å²) in [6.45, 7) is 0.500. The molecule has 1 rings (SSSR count). The van der Waals surface area contributed by atoms with Gasteiger partial charge in [-0.2, -0.15) is 18.2 Å².